The highest BCUT2D eigenvalue weighted by molar-refractivity contribution is 5.94. The summed E-state index contributed by atoms with van der Waals surface area (Å²) in [5.74, 6) is 0.0266. The maximum absolute atomic E-state index is 12.5. The van der Waals surface area contributed by atoms with Gasteiger partial charge in [0.05, 0.1) is 17.5 Å². The quantitative estimate of drug-likeness (QED) is 0.812. The summed E-state index contributed by atoms with van der Waals surface area (Å²) in [6.07, 6.45) is 7.47. The number of carbonyl (C=O) groups is 1. The predicted molar refractivity (Wildman–Crippen MR) is 81.1 cm³/mol. The molecule has 2 aromatic rings. The lowest BCUT2D eigenvalue weighted by Crippen LogP contribution is -2.29. The zero-order valence-electron chi connectivity index (χ0n) is 13.2. The molecule has 0 aromatic carbocycles. The Hall–Kier alpha value is -2.11. The van der Waals surface area contributed by atoms with Crippen molar-refractivity contribution in [1.29, 1.82) is 0 Å². The number of amides is 1. The van der Waals surface area contributed by atoms with Gasteiger partial charge in [-0.1, -0.05) is 6.92 Å². The first-order chi connectivity index (χ1) is 10.0. The van der Waals surface area contributed by atoms with E-state index in [9.17, 15) is 4.79 Å². The van der Waals surface area contributed by atoms with Crippen molar-refractivity contribution in [3.63, 3.8) is 0 Å². The van der Waals surface area contributed by atoms with Crippen LogP contribution in [0.2, 0.25) is 0 Å². The lowest BCUT2D eigenvalue weighted by Gasteiger charge is -2.16. The van der Waals surface area contributed by atoms with E-state index in [0.29, 0.717) is 12.1 Å². The molecule has 0 aliphatic carbocycles. The fourth-order valence-corrected chi connectivity index (χ4v) is 2.28. The van der Waals surface area contributed by atoms with E-state index in [-0.39, 0.29) is 5.91 Å². The Balaban J connectivity index is 1.98. The van der Waals surface area contributed by atoms with Crippen LogP contribution in [0.5, 0.6) is 0 Å². The van der Waals surface area contributed by atoms with Gasteiger partial charge in [0.1, 0.15) is 0 Å². The normalized spacial score (nSPS) is 10.9. The molecule has 6 nitrogen and oxygen atoms in total. The minimum Gasteiger partial charge on any atom is -0.341 e. The highest BCUT2D eigenvalue weighted by Gasteiger charge is 2.17. The second-order valence-corrected chi connectivity index (χ2v) is 5.39. The van der Waals surface area contributed by atoms with Gasteiger partial charge >= 0.3 is 0 Å². The van der Waals surface area contributed by atoms with Gasteiger partial charge in [0.2, 0.25) is 0 Å². The minimum atomic E-state index is 0.0266. The minimum absolute atomic E-state index is 0.0266. The number of likely N-dealkylation sites (N-methyl/N-ethyl adjacent to an activating group) is 1. The molecule has 0 fully saturated rings. The van der Waals surface area contributed by atoms with E-state index in [1.54, 1.807) is 9.58 Å². The van der Waals surface area contributed by atoms with Crippen LogP contribution in [0.3, 0.4) is 0 Å². The van der Waals surface area contributed by atoms with Gasteiger partial charge in [-0.3, -0.25) is 14.2 Å². The van der Waals surface area contributed by atoms with Gasteiger partial charge in [-0.2, -0.15) is 10.2 Å². The van der Waals surface area contributed by atoms with E-state index < -0.39 is 0 Å². The van der Waals surface area contributed by atoms with Crippen molar-refractivity contribution in [2.75, 3.05) is 13.6 Å². The van der Waals surface area contributed by atoms with Crippen LogP contribution in [0.1, 0.15) is 35.0 Å². The Morgan fingerprint density at radius 1 is 1.38 bits per heavy atom. The first-order valence-corrected chi connectivity index (χ1v) is 7.28. The molecular weight excluding hydrogens is 266 g/mol. The maximum Gasteiger partial charge on any atom is 0.257 e. The maximum atomic E-state index is 12.5. The monoisotopic (exact) mass is 289 g/mol. The molecule has 0 aliphatic heterocycles. The second-order valence-electron chi connectivity index (χ2n) is 5.39. The summed E-state index contributed by atoms with van der Waals surface area (Å²) in [6, 6.07) is 0. The highest BCUT2D eigenvalue weighted by atomic mass is 16.2. The van der Waals surface area contributed by atoms with Crippen LogP contribution in [0.15, 0.2) is 18.6 Å². The van der Waals surface area contributed by atoms with Gasteiger partial charge in [-0.15, -0.1) is 0 Å². The van der Waals surface area contributed by atoms with Crippen LogP contribution in [0.25, 0.3) is 0 Å². The van der Waals surface area contributed by atoms with Crippen LogP contribution in [0.4, 0.5) is 0 Å². The molecule has 0 saturated carbocycles. The number of aromatic nitrogens is 4. The van der Waals surface area contributed by atoms with Crippen molar-refractivity contribution in [3.8, 4) is 0 Å². The third-order valence-corrected chi connectivity index (χ3v) is 3.47. The number of hydrogen-bond acceptors (Lipinski definition) is 3. The molecule has 114 valence electrons. The average Bonchev–Trinajstić information content (AvgIpc) is 3.02. The van der Waals surface area contributed by atoms with Crippen LogP contribution < -0.4 is 0 Å². The third-order valence-electron chi connectivity index (χ3n) is 3.47. The van der Waals surface area contributed by atoms with E-state index in [0.717, 1.165) is 30.6 Å². The molecule has 2 rings (SSSR count). The van der Waals surface area contributed by atoms with Crippen LogP contribution >= 0.6 is 0 Å². The van der Waals surface area contributed by atoms with E-state index >= 15 is 0 Å². The van der Waals surface area contributed by atoms with Crippen LogP contribution in [-0.4, -0.2) is 44.0 Å². The first kappa shape index (κ1) is 15.3. The molecule has 0 N–H and O–H groups in total. The molecule has 0 radical (unpaired) electrons. The molecule has 0 aliphatic rings. The van der Waals surface area contributed by atoms with Gasteiger partial charge < -0.3 is 4.90 Å². The molecule has 0 spiro atoms. The Kier molecular flexibility index (Phi) is 4.77. The Labute approximate surface area is 125 Å². The Bertz CT molecular complexity index is 613. The molecule has 6 heteroatoms. The number of aryl methyl sites for hydroxylation is 3. The van der Waals surface area contributed by atoms with Gasteiger partial charge in [0.25, 0.3) is 5.91 Å². The summed E-state index contributed by atoms with van der Waals surface area (Å²) in [5, 5.41) is 8.52. The van der Waals surface area contributed by atoms with Crippen molar-refractivity contribution >= 4 is 5.91 Å². The standard InChI is InChI=1S/C15H23N5O/c1-5-7-20-11-14(12(2)17-20)15(21)18(3)8-6-13-9-16-19(4)10-13/h9-11H,5-8H2,1-4H3. The van der Waals surface area contributed by atoms with Crippen molar-refractivity contribution in [3.05, 3.63) is 35.4 Å². The van der Waals surface area contributed by atoms with Gasteiger partial charge in [0.15, 0.2) is 0 Å². The summed E-state index contributed by atoms with van der Waals surface area (Å²) >= 11 is 0. The summed E-state index contributed by atoms with van der Waals surface area (Å²) in [4.78, 5) is 14.2. The lowest BCUT2D eigenvalue weighted by molar-refractivity contribution is 0.0796. The number of hydrogen-bond donors (Lipinski definition) is 0. The van der Waals surface area contributed by atoms with Crippen LogP contribution in [0, 0.1) is 6.92 Å². The highest BCUT2D eigenvalue weighted by Crippen LogP contribution is 2.10. The third kappa shape index (κ3) is 3.71. The molecule has 0 bridgehead atoms. The summed E-state index contributed by atoms with van der Waals surface area (Å²) < 4.78 is 3.62. The fourth-order valence-electron chi connectivity index (χ4n) is 2.28. The smallest absolute Gasteiger partial charge is 0.257 e. The number of carbonyl (C=O) groups excluding carboxylic acids is 1. The molecule has 2 heterocycles. The second kappa shape index (κ2) is 6.56. The molecule has 0 unspecified atom stereocenters. The van der Waals surface area contributed by atoms with Gasteiger partial charge in [-0.05, 0) is 25.3 Å². The number of rotatable bonds is 6. The van der Waals surface area contributed by atoms with Crippen molar-refractivity contribution in [1.82, 2.24) is 24.5 Å². The SMILES string of the molecule is CCCn1cc(C(=O)N(C)CCc2cnn(C)c2)c(C)n1. The molecular formula is C15H23N5O. The van der Waals surface area contributed by atoms with E-state index in [4.69, 9.17) is 0 Å². The van der Waals surface area contributed by atoms with Gasteiger partial charge in [-0.25, -0.2) is 0 Å². The average molecular weight is 289 g/mol. The molecule has 0 atom stereocenters. The van der Waals surface area contributed by atoms with E-state index in [1.165, 1.54) is 0 Å². The zero-order valence-corrected chi connectivity index (χ0v) is 13.2. The van der Waals surface area contributed by atoms with Crippen molar-refractivity contribution in [2.24, 2.45) is 7.05 Å². The summed E-state index contributed by atoms with van der Waals surface area (Å²) in [7, 11) is 3.72. The Morgan fingerprint density at radius 3 is 2.76 bits per heavy atom. The molecule has 1 amide bonds. The largest absolute Gasteiger partial charge is 0.341 e. The Morgan fingerprint density at radius 2 is 2.14 bits per heavy atom. The van der Waals surface area contributed by atoms with E-state index in [1.807, 2.05) is 44.3 Å². The van der Waals surface area contributed by atoms with Crippen molar-refractivity contribution < 1.29 is 4.79 Å². The summed E-state index contributed by atoms with van der Waals surface area (Å²) in [6.45, 7) is 5.49. The fraction of sp³-hybridized carbons (Fsp3) is 0.533. The van der Waals surface area contributed by atoms with E-state index in [2.05, 4.69) is 17.1 Å². The molecule has 21 heavy (non-hydrogen) atoms. The van der Waals surface area contributed by atoms with Crippen LogP contribution in [-0.2, 0) is 20.0 Å². The van der Waals surface area contributed by atoms with Gasteiger partial charge in [0, 0.05) is 39.6 Å². The molecule has 0 saturated heterocycles. The topological polar surface area (TPSA) is 56.0 Å². The number of nitrogens with zero attached hydrogens (tertiary/aromatic N) is 5. The lowest BCUT2D eigenvalue weighted by atomic mass is 10.2. The molecule has 2 aromatic heterocycles. The van der Waals surface area contributed by atoms with Crippen molar-refractivity contribution in [2.45, 2.75) is 33.2 Å². The predicted octanol–water partition coefficient (Wildman–Crippen LogP) is 1.65. The summed E-state index contributed by atoms with van der Waals surface area (Å²) in [5.41, 5.74) is 2.62. The zero-order chi connectivity index (χ0) is 15.4. The first-order valence-electron chi connectivity index (χ1n) is 7.28.